The molecule has 1 unspecified atom stereocenters. The largest absolute Gasteiger partial charge is 0.396 e. The molecule has 0 radical (unpaired) electrons. The molecule has 0 spiro atoms. The Labute approximate surface area is 88.2 Å². The third kappa shape index (κ3) is 8.27. The van der Waals surface area contributed by atoms with E-state index in [1.165, 1.54) is 32.1 Å². The standard InChI is InChI=1S/C12H25NO/c1-2-3-4-5-6-7-8-9-12(10-13)11-14/h4-5,12,14H,2-3,6-11,13H2,1H3/b5-4+. The van der Waals surface area contributed by atoms with Crippen LogP contribution >= 0.6 is 0 Å². The highest BCUT2D eigenvalue weighted by Gasteiger charge is 2.02. The average molecular weight is 199 g/mol. The zero-order valence-corrected chi connectivity index (χ0v) is 9.41. The Morgan fingerprint density at radius 3 is 2.50 bits per heavy atom. The van der Waals surface area contributed by atoms with Gasteiger partial charge in [0.2, 0.25) is 0 Å². The molecule has 0 aliphatic carbocycles. The van der Waals surface area contributed by atoms with Gasteiger partial charge in [-0.3, -0.25) is 0 Å². The van der Waals surface area contributed by atoms with E-state index in [2.05, 4.69) is 19.1 Å². The fraction of sp³-hybridized carbons (Fsp3) is 0.833. The van der Waals surface area contributed by atoms with Gasteiger partial charge < -0.3 is 10.8 Å². The number of aliphatic hydroxyl groups excluding tert-OH is 1. The molecule has 0 heterocycles. The van der Waals surface area contributed by atoms with Gasteiger partial charge >= 0.3 is 0 Å². The second-order valence-corrected chi connectivity index (χ2v) is 3.83. The number of unbranched alkanes of at least 4 members (excludes halogenated alkanes) is 3. The summed E-state index contributed by atoms with van der Waals surface area (Å²) in [5.74, 6) is 0.314. The predicted molar refractivity (Wildman–Crippen MR) is 62.1 cm³/mol. The molecular formula is C12H25NO. The Morgan fingerprint density at radius 2 is 1.93 bits per heavy atom. The van der Waals surface area contributed by atoms with E-state index in [4.69, 9.17) is 10.8 Å². The van der Waals surface area contributed by atoms with Crippen LogP contribution in [0.15, 0.2) is 12.2 Å². The van der Waals surface area contributed by atoms with E-state index in [0.717, 1.165) is 6.42 Å². The number of hydrogen-bond donors (Lipinski definition) is 2. The van der Waals surface area contributed by atoms with Gasteiger partial charge in [-0.1, -0.05) is 31.9 Å². The minimum Gasteiger partial charge on any atom is -0.396 e. The first-order valence-electron chi connectivity index (χ1n) is 5.81. The van der Waals surface area contributed by atoms with Crippen LogP contribution in [-0.4, -0.2) is 18.3 Å². The van der Waals surface area contributed by atoms with Gasteiger partial charge in [-0.2, -0.15) is 0 Å². The van der Waals surface area contributed by atoms with E-state index < -0.39 is 0 Å². The summed E-state index contributed by atoms with van der Waals surface area (Å²) in [5, 5.41) is 8.90. The Balaban J connectivity index is 3.19. The molecule has 2 heteroatoms. The first kappa shape index (κ1) is 13.7. The zero-order chi connectivity index (χ0) is 10.6. The quantitative estimate of drug-likeness (QED) is 0.442. The van der Waals surface area contributed by atoms with Crippen LogP contribution in [0.4, 0.5) is 0 Å². The molecule has 2 nitrogen and oxygen atoms in total. The van der Waals surface area contributed by atoms with Crippen molar-refractivity contribution in [3.05, 3.63) is 12.2 Å². The summed E-state index contributed by atoms with van der Waals surface area (Å²) in [7, 11) is 0. The number of aliphatic hydroxyl groups is 1. The van der Waals surface area contributed by atoms with Gasteiger partial charge in [0.05, 0.1) is 0 Å². The molecule has 0 fully saturated rings. The van der Waals surface area contributed by atoms with Gasteiger partial charge in [0.25, 0.3) is 0 Å². The Bertz CT molecular complexity index is 130. The average Bonchev–Trinajstić information content (AvgIpc) is 2.22. The van der Waals surface area contributed by atoms with Gasteiger partial charge in [0, 0.05) is 6.61 Å². The van der Waals surface area contributed by atoms with E-state index >= 15 is 0 Å². The summed E-state index contributed by atoms with van der Waals surface area (Å²) in [5.41, 5.74) is 5.49. The van der Waals surface area contributed by atoms with Crippen molar-refractivity contribution in [1.82, 2.24) is 0 Å². The van der Waals surface area contributed by atoms with Gasteiger partial charge in [-0.25, -0.2) is 0 Å². The van der Waals surface area contributed by atoms with E-state index in [0.29, 0.717) is 12.5 Å². The van der Waals surface area contributed by atoms with E-state index in [1.54, 1.807) is 0 Å². The minimum absolute atomic E-state index is 0.238. The lowest BCUT2D eigenvalue weighted by atomic mass is 10.0. The molecular weight excluding hydrogens is 174 g/mol. The van der Waals surface area contributed by atoms with Gasteiger partial charge in [-0.05, 0) is 38.1 Å². The second-order valence-electron chi connectivity index (χ2n) is 3.83. The van der Waals surface area contributed by atoms with Gasteiger partial charge in [0.1, 0.15) is 0 Å². The van der Waals surface area contributed by atoms with Gasteiger partial charge in [-0.15, -0.1) is 0 Å². The first-order valence-corrected chi connectivity index (χ1v) is 5.81. The lowest BCUT2D eigenvalue weighted by molar-refractivity contribution is 0.220. The first-order chi connectivity index (χ1) is 6.85. The van der Waals surface area contributed by atoms with Crippen LogP contribution in [0.3, 0.4) is 0 Å². The van der Waals surface area contributed by atoms with Crippen LogP contribution in [0.5, 0.6) is 0 Å². The maximum absolute atomic E-state index is 8.90. The SMILES string of the molecule is CCC/C=C/CCCCC(CN)CO. The van der Waals surface area contributed by atoms with Gasteiger partial charge in [0.15, 0.2) is 0 Å². The molecule has 0 aromatic rings. The van der Waals surface area contributed by atoms with Crippen LogP contribution in [0.25, 0.3) is 0 Å². The monoisotopic (exact) mass is 199 g/mol. The number of hydrogen-bond acceptors (Lipinski definition) is 2. The van der Waals surface area contributed by atoms with Crippen molar-refractivity contribution in [3.8, 4) is 0 Å². The third-order valence-corrected chi connectivity index (χ3v) is 2.45. The fourth-order valence-corrected chi connectivity index (χ4v) is 1.38. The van der Waals surface area contributed by atoms with Crippen LogP contribution in [0.2, 0.25) is 0 Å². The van der Waals surface area contributed by atoms with Crippen molar-refractivity contribution in [3.63, 3.8) is 0 Å². The maximum atomic E-state index is 8.90. The Hall–Kier alpha value is -0.340. The Kier molecular flexibility index (Phi) is 10.5. The smallest absolute Gasteiger partial charge is 0.0471 e. The number of nitrogens with two attached hydrogens (primary N) is 1. The lowest BCUT2D eigenvalue weighted by Crippen LogP contribution is -2.17. The summed E-state index contributed by atoms with van der Waals surface area (Å²) >= 11 is 0. The fourth-order valence-electron chi connectivity index (χ4n) is 1.38. The van der Waals surface area contributed by atoms with Crippen LogP contribution in [-0.2, 0) is 0 Å². The van der Waals surface area contributed by atoms with Crippen molar-refractivity contribution in [2.24, 2.45) is 11.7 Å². The summed E-state index contributed by atoms with van der Waals surface area (Å²) in [6.45, 7) is 3.04. The molecule has 1 atom stereocenters. The minimum atomic E-state index is 0.238. The summed E-state index contributed by atoms with van der Waals surface area (Å²) in [6.07, 6.45) is 11.6. The zero-order valence-electron chi connectivity index (χ0n) is 9.41. The number of allylic oxidation sites excluding steroid dienone is 2. The molecule has 84 valence electrons. The predicted octanol–water partition coefficient (Wildman–Crippen LogP) is 2.47. The molecule has 0 aromatic heterocycles. The molecule has 0 aliphatic heterocycles. The molecule has 3 N–H and O–H groups in total. The summed E-state index contributed by atoms with van der Waals surface area (Å²) < 4.78 is 0. The highest BCUT2D eigenvalue weighted by atomic mass is 16.3. The molecule has 0 aromatic carbocycles. The van der Waals surface area contributed by atoms with E-state index in [1.807, 2.05) is 0 Å². The third-order valence-electron chi connectivity index (χ3n) is 2.45. The molecule has 0 saturated carbocycles. The van der Waals surface area contributed by atoms with Crippen LogP contribution < -0.4 is 5.73 Å². The molecule has 0 saturated heterocycles. The van der Waals surface area contributed by atoms with Crippen molar-refractivity contribution >= 4 is 0 Å². The second kappa shape index (κ2) is 10.7. The highest BCUT2D eigenvalue weighted by molar-refractivity contribution is 4.80. The van der Waals surface area contributed by atoms with Crippen molar-refractivity contribution < 1.29 is 5.11 Å². The topological polar surface area (TPSA) is 46.2 Å². The molecule has 0 amide bonds. The molecule has 0 rings (SSSR count). The maximum Gasteiger partial charge on any atom is 0.0471 e. The Morgan fingerprint density at radius 1 is 1.21 bits per heavy atom. The van der Waals surface area contributed by atoms with Crippen LogP contribution in [0, 0.1) is 5.92 Å². The summed E-state index contributed by atoms with van der Waals surface area (Å²) in [6, 6.07) is 0. The summed E-state index contributed by atoms with van der Waals surface area (Å²) in [4.78, 5) is 0. The molecule has 14 heavy (non-hydrogen) atoms. The van der Waals surface area contributed by atoms with Crippen LogP contribution in [0.1, 0.15) is 45.4 Å². The van der Waals surface area contributed by atoms with Crippen molar-refractivity contribution in [1.29, 1.82) is 0 Å². The van der Waals surface area contributed by atoms with E-state index in [-0.39, 0.29) is 6.61 Å². The number of rotatable bonds is 9. The lowest BCUT2D eigenvalue weighted by Gasteiger charge is -2.09. The van der Waals surface area contributed by atoms with E-state index in [9.17, 15) is 0 Å². The van der Waals surface area contributed by atoms with Crippen molar-refractivity contribution in [2.75, 3.05) is 13.2 Å². The normalized spacial score (nSPS) is 13.6. The van der Waals surface area contributed by atoms with Crippen molar-refractivity contribution in [2.45, 2.75) is 45.4 Å². The molecule has 0 bridgehead atoms. The molecule has 0 aliphatic rings. The highest BCUT2D eigenvalue weighted by Crippen LogP contribution is 2.08.